The third-order valence-corrected chi connectivity index (χ3v) is 9.18. The monoisotopic (exact) mass is 642 g/mol. The highest BCUT2D eigenvalue weighted by atomic mass is 35.5. The number of halogens is 1. The molecule has 1 N–H and O–H groups in total. The number of nitrogens with zero attached hydrogens (tertiary/aromatic N) is 2. The molecule has 0 amide bonds. The number of hydrogen-bond donors (Lipinski definition) is 1. The second kappa shape index (κ2) is 16.7. The first-order valence-electron chi connectivity index (χ1n) is 16.3. The van der Waals surface area contributed by atoms with Gasteiger partial charge in [-0.25, -0.2) is 4.79 Å². The maximum Gasteiger partial charge on any atom is 0.336 e. The average molecular weight is 643 g/mol. The van der Waals surface area contributed by atoms with Crippen LogP contribution in [0.3, 0.4) is 0 Å². The first-order chi connectivity index (χ1) is 22.4. The van der Waals surface area contributed by atoms with Crippen molar-refractivity contribution in [1.29, 1.82) is 0 Å². The highest BCUT2D eigenvalue weighted by Gasteiger charge is 2.42. The molecule has 0 bridgehead atoms. The lowest BCUT2D eigenvalue weighted by molar-refractivity contribution is -0.141. The van der Waals surface area contributed by atoms with Gasteiger partial charge in [0.25, 0.3) is 0 Å². The normalized spacial score (nSPS) is 19.1. The number of ether oxygens (including phenoxy) is 2. The fourth-order valence-electron chi connectivity index (χ4n) is 6.63. The van der Waals surface area contributed by atoms with Crippen LogP contribution in [-0.2, 0) is 19.1 Å². The Bertz CT molecular complexity index is 1480. The van der Waals surface area contributed by atoms with Crippen LogP contribution >= 0.6 is 11.6 Å². The van der Waals surface area contributed by atoms with Crippen LogP contribution in [0.2, 0.25) is 5.02 Å². The van der Waals surface area contributed by atoms with Gasteiger partial charge in [0, 0.05) is 29.1 Å². The van der Waals surface area contributed by atoms with Gasteiger partial charge in [-0.05, 0) is 68.1 Å². The Morgan fingerprint density at radius 2 is 1.57 bits per heavy atom. The summed E-state index contributed by atoms with van der Waals surface area (Å²) >= 11 is 6.37. The minimum atomic E-state index is -1.06. The van der Waals surface area contributed by atoms with Crippen LogP contribution in [0.5, 0.6) is 0 Å². The van der Waals surface area contributed by atoms with Crippen LogP contribution in [0.15, 0.2) is 101 Å². The van der Waals surface area contributed by atoms with E-state index in [4.69, 9.17) is 21.1 Å². The van der Waals surface area contributed by atoms with Crippen molar-refractivity contribution in [3.05, 3.63) is 118 Å². The van der Waals surface area contributed by atoms with Crippen LogP contribution < -0.4 is 0 Å². The van der Waals surface area contributed by atoms with Crippen LogP contribution in [-0.4, -0.2) is 67.1 Å². The number of aliphatic carboxylic acids is 1. The maximum atomic E-state index is 14.1. The summed E-state index contributed by atoms with van der Waals surface area (Å²) in [5.41, 5.74) is 3.91. The smallest absolute Gasteiger partial charge is 0.336 e. The van der Waals surface area contributed by atoms with Gasteiger partial charge in [-0.2, -0.15) is 0 Å². The molecule has 7 nitrogen and oxygen atoms in total. The number of benzene rings is 3. The highest BCUT2D eigenvalue weighted by molar-refractivity contribution is 6.30. The Labute approximate surface area is 276 Å². The van der Waals surface area contributed by atoms with E-state index in [1.807, 2.05) is 36.4 Å². The van der Waals surface area contributed by atoms with Gasteiger partial charge in [0.2, 0.25) is 0 Å². The highest BCUT2D eigenvalue weighted by Crippen LogP contribution is 2.41. The summed E-state index contributed by atoms with van der Waals surface area (Å²) in [7, 11) is 0. The summed E-state index contributed by atoms with van der Waals surface area (Å²) in [4.78, 5) is 33.8. The third-order valence-electron chi connectivity index (χ3n) is 8.94. The molecule has 0 aliphatic carbocycles. The SMILES string of the molecule is CC1=NC(COCCN2CCCCCC2)=C(C(=O)OCCC(c2ccccc2)c2ccccc2)C(c2cccc(Cl)c2)C1C(=O)O. The molecule has 2 heterocycles. The first-order valence-corrected chi connectivity index (χ1v) is 16.6. The Hall–Kier alpha value is -3.78. The maximum absolute atomic E-state index is 14.1. The molecule has 3 aromatic rings. The number of esters is 1. The van der Waals surface area contributed by atoms with Crippen molar-refractivity contribution in [2.75, 3.05) is 39.5 Å². The van der Waals surface area contributed by atoms with E-state index >= 15 is 0 Å². The molecule has 2 unspecified atom stereocenters. The molecule has 0 spiro atoms. The van der Waals surface area contributed by atoms with Gasteiger partial charge in [0.1, 0.15) is 5.92 Å². The van der Waals surface area contributed by atoms with Crippen molar-refractivity contribution in [2.45, 2.75) is 50.9 Å². The van der Waals surface area contributed by atoms with Crippen molar-refractivity contribution in [2.24, 2.45) is 10.9 Å². The summed E-state index contributed by atoms with van der Waals surface area (Å²) in [6.45, 7) is 5.32. The van der Waals surface area contributed by atoms with E-state index in [0.717, 1.165) is 30.8 Å². The first kappa shape index (κ1) is 33.6. The van der Waals surface area contributed by atoms with Crippen molar-refractivity contribution >= 4 is 29.3 Å². The van der Waals surface area contributed by atoms with Gasteiger partial charge in [0.15, 0.2) is 0 Å². The predicted octanol–water partition coefficient (Wildman–Crippen LogP) is 7.51. The number of carboxylic acid groups (broad SMARTS) is 1. The predicted molar refractivity (Wildman–Crippen MR) is 181 cm³/mol. The third kappa shape index (κ3) is 8.72. The molecule has 242 valence electrons. The molecule has 2 atom stereocenters. The van der Waals surface area contributed by atoms with Crippen molar-refractivity contribution < 1.29 is 24.2 Å². The Kier molecular flexibility index (Phi) is 12.2. The molecule has 3 aromatic carbocycles. The van der Waals surface area contributed by atoms with E-state index in [1.165, 1.54) is 25.7 Å². The van der Waals surface area contributed by atoms with Crippen molar-refractivity contribution in [3.63, 3.8) is 0 Å². The molecule has 46 heavy (non-hydrogen) atoms. The lowest BCUT2D eigenvalue weighted by atomic mass is 9.75. The standard InChI is InChI=1S/C38H43ClN2O5/c1-27-34(37(42)43)35(30-17-12-18-31(39)25-30)36(33(40-27)26-45-24-22-41-20-10-2-3-11-21-41)38(44)46-23-19-32(28-13-6-4-7-14-28)29-15-8-5-9-16-29/h4-9,12-18,25,32,34-35H,2-3,10-11,19-24,26H2,1H3,(H,42,43). The van der Waals surface area contributed by atoms with Crippen LogP contribution in [0.4, 0.5) is 0 Å². The van der Waals surface area contributed by atoms with E-state index in [-0.39, 0.29) is 24.7 Å². The molecule has 0 saturated carbocycles. The molecule has 5 rings (SSSR count). The van der Waals surface area contributed by atoms with Gasteiger partial charge in [0.05, 0.1) is 31.1 Å². The zero-order valence-corrected chi connectivity index (χ0v) is 27.2. The van der Waals surface area contributed by atoms with E-state index < -0.39 is 23.8 Å². The van der Waals surface area contributed by atoms with E-state index in [9.17, 15) is 14.7 Å². The van der Waals surface area contributed by atoms with E-state index in [1.54, 1.807) is 31.2 Å². The number of carbonyl (C=O) groups is 2. The van der Waals surface area contributed by atoms with Crippen LogP contribution in [0, 0.1) is 5.92 Å². The molecular weight excluding hydrogens is 600 g/mol. The van der Waals surface area contributed by atoms with Crippen molar-refractivity contribution in [3.8, 4) is 0 Å². The molecule has 1 saturated heterocycles. The topological polar surface area (TPSA) is 88.4 Å². The largest absolute Gasteiger partial charge is 0.481 e. The van der Waals surface area contributed by atoms with Crippen molar-refractivity contribution in [1.82, 2.24) is 4.90 Å². The number of likely N-dealkylation sites (tertiary alicyclic amines) is 1. The number of carbonyl (C=O) groups excluding carboxylic acids is 1. The fraction of sp³-hybridized carbons (Fsp3) is 0.395. The average Bonchev–Trinajstić information content (AvgIpc) is 3.34. The molecule has 2 aliphatic heterocycles. The van der Waals surface area contributed by atoms with Gasteiger partial charge in [-0.1, -0.05) is 97.2 Å². The minimum absolute atomic E-state index is 0.0214. The Morgan fingerprint density at radius 3 is 2.17 bits per heavy atom. The lowest BCUT2D eigenvalue weighted by Gasteiger charge is -2.31. The van der Waals surface area contributed by atoms with Gasteiger partial charge < -0.3 is 19.5 Å². The van der Waals surface area contributed by atoms with Gasteiger partial charge >= 0.3 is 11.9 Å². The number of hydrogen-bond acceptors (Lipinski definition) is 6. The molecule has 2 aliphatic rings. The molecule has 0 aromatic heterocycles. The summed E-state index contributed by atoms with van der Waals surface area (Å²) in [6.07, 6.45) is 5.46. The summed E-state index contributed by atoms with van der Waals surface area (Å²) in [5.74, 6) is -3.51. The second-order valence-electron chi connectivity index (χ2n) is 12.1. The summed E-state index contributed by atoms with van der Waals surface area (Å²) in [5, 5.41) is 10.8. The second-order valence-corrected chi connectivity index (χ2v) is 12.5. The Morgan fingerprint density at radius 1 is 0.913 bits per heavy atom. The van der Waals surface area contributed by atoms with Crippen LogP contribution in [0.25, 0.3) is 0 Å². The number of carboxylic acids is 1. The van der Waals surface area contributed by atoms with E-state index in [0.29, 0.717) is 35.0 Å². The molecule has 1 fully saturated rings. The van der Waals surface area contributed by atoms with E-state index in [2.05, 4.69) is 34.2 Å². The summed E-state index contributed by atoms with van der Waals surface area (Å²) < 4.78 is 12.1. The lowest BCUT2D eigenvalue weighted by Crippen LogP contribution is -2.36. The van der Waals surface area contributed by atoms with Crippen LogP contribution in [0.1, 0.15) is 67.6 Å². The van der Waals surface area contributed by atoms with Gasteiger partial charge in [-0.15, -0.1) is 0 Å². The quantitative estimate of drug-likeness (QED) is 0.153. The zero-order valence-electron chi connectivity index (χ0n) is 26.4. The number of aliphatic imine (C=N–C) groups is 1. The fourth-order valence-corrected chi connectivity index (χ4v) is 6.83. The zero-order chi connectivity index (χ0) is 32.3. The molecule has 8 heteroatoms. The summed E-state index contributed by atoms with van der Waals surface area (Å²) in [6, 6.07) is 27.3. The number of rotatable bonds is 13. The Balaban J connectivity index is 1.40. The van der Waals surface area contributed by atoms with Gasteiger partial charge in [-0.3, -0.25) is 9.79 Å². The molecule has 0 radical (unpaired) electrons. The molecular formula is C38H43ClN2O5. The minimum Gasteiger partial charge on any atom is -0.481 e.